The Bertz CT molecular complexity index is 794. The van der Waals surface area contributed by atoms with Crippen LogP contribution in [-0.4, -0.2) is 26.4 Å². The molecule has 0 atom stereocenters. The maximum atomic E-state index is 5.82. The zero-order chi connectivity index (χ0) is 14.2. The van der Waals surface area contributed by atoms with Gasteiger partial charge in [0, 0.05) is 6.42 Å². The van der Waals surface area contributed by atoms with Gasteiger partial charge in [0.2, 0.25) is 10.1 Å². The molecule has 6 nitrogen and oxygen atoms in total. The van der Waals surface area contributed by atoms with E-state index in [0.29, 0.717) is 18.2 Å². The third-order valence-electron chi connectivity index (χ3n) is 3.74. The standard InChI is InChI=1S/C14H15N5OS/c15-13-18-19-12(16-17-14(19)21-13)6-7-20-11-5-4-9-2-1-3-10(9)8-11/h4-5,8H,1-3,6-7H2,(H2,15,18). The summed E-state index contributed by atoms with van der Waals surface area (Å²) in [6, 6.07) is 6.38. The highest BCUT2D eigenvalue weighted by Gasteiger charge is 2.12. The molecule has 0 radical (unpaired) electrons. The van der Waals surface area contributed by atoms with Crippen molar-refractivity contribution in [2.24, 2.45) is 0 Å². The van der Waals surface area contributed by atoms with Crippen LogP contribution in [0, 0.1) is 0 Å². The zero-order valence-electron chi connectivity index (χ0n) is 11.5. The molecule has 0 bridgehead atoms. The molecule has 1 aliphatic carbocycles. The molecule has 0 aliphatic heterocycles. The summed E-state index contributed by atoms with van der Waals surface area (Å²) >= 11 is 1.33. The Kier molecular flexibility index (Phi) is 2.99. The Morgan fingerprint density at radius 3 is 3.10 bits per heavy atom. The summed E-state index contributed by atoms with van der Waals surface area (Å²) < 4.78 is 7.51. The maximum absolute atomic E-state index is 5.82. The quantitative estimate of drug-likeness (QED) is 0.796. The van der Waals surface area contributed by atoms with Crippen LogP contribution >= 0.6 is 11.3 Å². The molecule has 1 aromatic carbocycles. The summed E-state index contributed by atoms with van der Waals surface area (Å²) in [6.07, 6.45) is 4.26. The Morgan fingerprint density at radius 2 is 2.14 bits per heavy atom. The molecular formula is C14H15N5OS. The van der Waals surface area contributed by atoms with Crippen LogP contribution < -0.4 is 10.5 Å². The molecule has 21 heavy (non-hydrogen) atoms. The van der Waals surface area contributed by atoms with Gasteiger partial charge in [-0.2, -0.15) is 4.52 Å². The van der Waals surface area contributed by atoms with Crippen molar-refractivity contribution < 1.29 is 4.74 Å². The van der Waals surface area contributed by atoms with E-state index >= 15 is 0 Å². The Hall–Kier alpha value is -2.15. The number of rotatable bonds is 4. The second-order valence-corrected chi connectivity index (χ2v) is 6.12. The van der Waals surface area contributed by atoms with Gasteiger partial charge in [0.25, 0.3) is 0 Å². The van der Waals surface area contributed by atoms with E-state index in [4.69, 9.17) is 10.5 Å². The number of fused-ring (bicyclic) bond motifs is 2. The highest BCUT2D eigenvalue weighted by atomic mass is 32.1. The van der Waals surface area contributed by atoms with Gasteiger partial charge in [0.15, 0.2) is 5.82 Å². The SMILES string of the molecule is Nc1nn2c(CCOc3ccc4c(c3)CCC4)nnc2s1. The number of aromatic nitrogens is 4. The van der Waals surface area contributed by atoms with E-state index in [-0.39, 0.29) is 0 Å². The number of benzene rings is 1. The van der Waals surface area contributed by atoms with E-state index in [1.54, 1.807) is 4.52 Å². The van der Waals surface area contributed by atoms with Crippen molar-refractivity contribution in [1.29, 1.82) is 0 Å². The predicted octanol–water partition coefficient (Wildman–Crippen LogP) is 1.88. The summed E-state index contributed by atoms with van der Waals surface area (Å²) in [5, 5.41) is 12.8. The number of aryl methyl sites for hydroxylation is 2. The van der Waals surface area contributed by atoms with Crippen LogP contribution in [0.1, 0.15) is 23.4 Å². The van der Waals surface area contributed by atoms with Crippen LogP contribution in [0.4, 0.5) is 5.13 Å². The first-order valence-electron chi connectivity index (χ1n) is 7.01. The highest BCUT2D eigenvalue weighted by Crippen LogP contribution is 2.26. The molecule has 0 fully saturated rings. The van der Waals surface area contributed by atoms with Crippen molar-refractivity contribution in [3.63, 3.8) is 0 Å². The van der Waals surface area contributed by atoms with Gasteiger partial charge in [-0.15, -0.1) is 15.3 Å². The van der Waals surface area contributed by atoms with Crippen LogP contribution in [0.25, 0.3) is 4.96 Å². The van der Waals surface area contributed by atoms with Crippen LogP contribution in [0.2, 0.25) is 0 Å². The minimum atomic E-state index is 0.501. The summed E-state index contributed by atoms with van der Waals surface area (Å²) in [7, 11) is 0. The van der Waals surface area contributed by atoms with Gasteiger partial charge in [-0.25, -0.2) is 0 Å². The number of nitrogens with two attached hydrogens (primary N) is 1. The average Bonchev–Trinajstić information content (AvgIpc) is 3.15. The molecule has 2 heterocycles. The average molecular weight is 301 g/mol. The molecule has 2 aromatic heterocycles. The van der Waals surface area contributed by atoms with Crippen LogP contribution in [0.3, 0.4) is 0 Å². The van der Waals surface area contributed by atoms with Crippen LogP contribution in [-0.2, 0) is 19.3 Å². The number of nitrogens with zero attached hydrogens (tertiary/aromatic N) is 4. The molecule has 0 spiro atoms. The van der Waals surface area contributed by atoms with E-state index in [1.165, 1.54) is 35.3 Å². The lowest BCUT2D eigenvalue weighted by Gasteiger charge is -2.07. The number of ether oxygens (including phenoxy) is 1. The number of nitrogen functional groups attached to an aromatic ring is 1. The Balaban J connectivity index is 1.43. The topological polar surface area (TPSA) is 78.3 Å². The normalized spacial score (nSPS) is 13.7. The van der Waals surface area contributed by atoms with Gasteiger partial charge < -0.3 is 10.5 Å². The first kappa shape index (κ1) is 12.6. The van der Waals surface area contributed by atoms with Gasteiger partial charge in [-0.1, -0.05) is 17.4 Å². The molecule has 2 N–H and O–H groups in total. The van der Waals surface area contributed by atoms with Crippen molar-refractivity contribution >= 4 is 21.4 Å². The molecule has 4 rings (SSSR count). The Labute approximate surface area is 125 Å². The fraction of sp³-hybridized carbons (Fsp3) is 0.357. The van der Waals surface area contributed by atoms with Crippen molar-refractivity contribution in [2.75, 3.05) is 12.3 Å². The highest BCUT2D eigenvalue weighted by molar-refractivity contribution is 7.20. The smallest absolute Gasteiger partial charge is 0.236 e. The van der Waals surface area contributed by atoms with E-state index in [2.05, 4.69) is 27.4 Å². The summed E-state index contributed by atoms with van der Waals surface area (Å²) in [4.78, 5) is 0.722. The minimum absolute atomic E-state index is 0.501. The lowest BCUT2D eigenvalue weighted by Crippen LogP contribution is -2.06. The lowest BCUT2D eigenvalue weighted by atomic mass is 10.1. The zero-order valence-corrected chi connectivity index (χ0v) is 12.3. The Morgan fingerprint density at radius 1 is 1.24 bits per heavy atom. The summed E-state index contributed by atoms with van der Waals surface area (Å²) in [5.74, 6) is 1.70. The van der Waals surface area contributed by atoms with Gasteiger partial charge in [-0.3, -0.25) is 0 Å². The summed E-state index contributed by atoms with van der Waals surface area (Å²) in [6.45, 7) is 0.553. The molecular weight excluding hydrogens is 286 g/mol. The van der Waals surface area contributed by atoms with Gasteiger partial charge in [0.1, 0.15) is 5.75 Å². The fourth-order valence-electron chi connectivity index (χ4n) is 2.73. The van der Waals surface area contributed by atoms with Gasteiger partial charge in [-0.05, 0) is 42.5 Å². The van der Waals surface area contributed by atoms with Crippen molar-refractivity contribution in [3.05, 3.63) is 35.2 Å². The molecule has 0 saturated heterocycles. The van der Waals surface area contributed by atoms with Crippen molar-refractivity contribution in [1.82, 2.24) is 19.8 Å². The first-order valence-corrected chi connectivity index (χ1v) is 7.82. The maximum Gasteiger partial charge on any atom is 0.236 e. The van der Waals surface area contributed by atoms with Gasteiger partial charge in [0.05, 0.1) is 6.61 Å². The number of hydrogen-bond acceptors (Lipinski definition) is 6. The molecule has 108 valence electrons. The second-order valence-electron chi connectivity index (χ2n) is 5.13. The summed E-state index contributed by atoms with van der Waals surface area (Å²) in [5.41, 5.74) is 8.54. The molecule has 0 unspecified atom stereocenters. The van der Waals surface area contributed by atoms with E-state index in [9.17, 15) is 0 Å². The van der Waals surface area contributed by atoms with Crippen LogP contribution in [0.15, 0.2) is 18.2 Å². The first-order chi connectivity index (χ1) is 10.3. The predicted molar refractivity (Wildman–Crippen MR) is 80.7 cm³/mol. The second kappa shape index (κ2) is 5.00. The molecule has 0 saturated carbocycles. The largest absolute Gasteiger partial charge is 0.493 e. The van der Waals surface area contributed by atoms with Crippen LogP contribution in [0.5, 0.6) is 5.75 Å². The molecule has 7 heteroatoms. The third kappa shape index (κ3) is 2.33. The third-order valence-corrected chi connectivity index (χ3v) is 4.46. The van der Waals surface area contributed by atoms with E-state index in [1.807, 2.05) is 6.07 Å². The van der Waals surface area contributed by atoms with Gasteiger partial charge >= 0.3 is 0 Å². The number of anilines is 1. The monoisotopic (exact) mass is 301 g/mol. The molecule has 1 aliphatic rings. The lowest BCUT2D eigenvalue weighted by molar-refractivity contribution is 0.317. The van der Waals surface area contributed by atoms with E-state index < -0.39 is 0 Å². The molecule has 3 aromatic rings. The van der Waals surface area contributed by atoms with E-state index in [0.717, 1.165) is 23.0 Å². The molecule has 0 amide bonds. The number of hydrogen-bond donors (Lipinski definition) is 1. The minimum Gasteiger partial charge on any atom is -0.493 e. The van der Waals surface area contributed by atoms with Crippen molar-refractivity contribution in [2.45, 2.75) is 25.7 Å². The van der Waals surface area contributed by atoms with Crippen molar-refractivity contribution in [3.8, 4) is 5.75 Å². The fourth-order valence-corrected chi connectivity index (χ4v) is 3.35.